The molecule has 1 aromatic rings. The van der Waals surface area contributed by atoms with Gasteiger partial charge in [-0.1, -0.05) is 23.2 Å². The third-order valence-corrected chi connectivity index (χ3v) is 3.57. The molecule has 2 N–H and O–H groups in total. The number of aliphatic carboxylic acids is 1. The van der Waals surface area contributed by atoms with Crippen LogP contribution in [0.2, 0.25) is 10.0 Å². The second-order valence-electron chi connectivity index (χ2n) is 4.76. The molecule has 7 heteroatoms. The first-order valence-corrected chi connectivity index (χ1v) is 6.76. The molecule has 0 spiro atoms. The zero-order valence-corrected chi connectivity index (χ0v) is 12.0. The summed E-state index contributed by atoms with van der Waals surface area (Å²) in [4.78, 5) is 22.5. The maximum atomic E-state index is 11.6. The van der Waals surface area contributed by atoms with Crippen molar-refractivity contribution in [2.45, 2.75) is 12.8 Å². The van der Waals surface area contributed by atoms with Gasteiger partial charge in [-0.15, -0.1) is 0 Å². The summed E-state index contributed by atoms with van der Waals surface area (Å²) >= 11 is 11.6. The summed E-state index contributed by atoms with van der Waals surface area (Å²) < 4.78 is 5.25. The molecule has 0 atom stereocenters. The van der Waals surface area contributed by atoms with Crippen molar-refractivity contribution < 1.29 is 19.4 Å². The summed E-state index contributed by atoms with van der Waals surface area (Å²) in [6.45, 7) is -0.0901. The first-order chi connectivity index (χ1) is 9.41. The number of nitrogens with one attached hydrogen (secondary N) is 1. The van der Waals surface area contributed by atoms with Gasteiger partial charge in [-0.3, -0.25) is 9.59 Å². The minimum Gasteiger partial charge on any atom is -0.484 e. The summed E-state index contributed by atoms with van der Waals surface area (Å²) in [5.74, 6) is -0.869. The van der Waals surface area contributed by atoms with Crippen LogP contribution in [0.4, 0.5) is 0 Å². The van der Waals surface area contributed by atoms with Crippen molar-refractivity contribution in [1.82, 2.24) is 5.32 Å². The Labute approximate surface area is 125 Å². The molecule has 0 aromatic heterocycles. The third kappa shape index (κ3) is 3.77. The van der Waals surface area contributed by atoms with E-state index in [1.165, 1.54) is 0 Å². The molecule has 0 aliphatic heterocycles. The lowest BCUT2D eigenvalue weighted by Crippen LogP contribution is -2.36. The van der Waals surface area contributed by atoms with Crippen LogP contribution in [0.25, 0.3) is 0 Å². The summed E-state index contributed by atoms with van der Waals surface area (Å²) in [5.41, 5.74) is -0.783. The zero-order valence-electron chi connectivity index (χ0n) is 10.5. The van der Waals surface area contributed by atoms with Gasteiger partial charge in [-0.25, -0.2) is 0 Å². The molecular weight excluding hydrogens is 305 g/mol. The van der Waals surface area contributed by atoms with E-state index in [-0.39, 0.29) is 19.1 Å². The predicted octanol–water partition coefficient (Wildman–Crippen LogP) is 2.35. The van der Waals surface area contributed by atoms with Gasteiger partial charge < -0.3 is 15.2 Å². The number of hydrogen-bond donors (Lipinski definition) is 2. The van der Waals surface area contributed by atoms with Gasteiger partial charge in [0.15, 0.2) is 6.61 Å². The SMILES string of the molecule is O=C(COc1cc(Cl)cc(Cl)c1)NCC1(C(=O)O)CC1. The molecule has 108 valence electrons. The minimum absolute atomic E-state index is 0.126. The average molecular weight is 318 g/mol. The average Bonchev–Trinajstić information content (AvgIpc) is 3.14. The Balaban J connectivity index is 1.79. The lowest BCUT2D eigenvalue weighted by molar-refractivity contribution is -0.143. The highest BCUT2D eigenvalue weighted by atomic mass is 35.5. The van der Waals surface area contributed by atoms with E-state index >= 15 is 0 Å². The summed E-state index contributed by atoms with van der Waals surface area (Å²) in [5, 5.41) is 12.4. The predicted molar refractivity (Wildman–Crippen MR) is 74.3 cm³/mol. The maximum Gasteiger partial charge on any atom is 0.311 e. The smallest absolute Gasteiger partial charge is 0.311 e. The number of ether oxygens (including phenoxy) is 1. The Kier molecular flexibility index (Phi) is 4.40. The van der Waals surface area contributed by atoms with Gasteiger partial charge in [0.25, 0.3) is 5.91 Å². The number of carboxylic acids is 1. The fourth-order valence-corrected chi connectivity index (χ4v) is 2.20. The number of benzene rings is 1. The van der Waals surface area contributed by atoms with Crippen LogP contribution in [0.15, 0.2) is 18.2 Å². The summed E-state index contributed by atoms with van der Waals surface area (Å²) in [6.07, 6.45) is 1.18. The van der Waals surface area contributed by atoms with Crippen molar-refractivity contribution in [1.29, 1.82) is 0 Å². The highest BCUT2D eigenvalue weighted by Gasteiger charge is 2.50. The third-order valence-electron chi connectivity index (χ3n) is 3.14. The van der Waals surface area contributed by atoms with E-state index in [0.29, 0.717) is 28.6 Å². The van der Waals surface area contributed by atoms with Crippen LogP contribution < -0.4 is 10.1 Å². The Morgan fingerprint density at radius 1 is 1.25 bits per heavy atom. The van der Waals surface area contributed by atoms with E-state index in [4.69, 9.17) is 33.0 Å². The quantitative estimate of drug-likeness (QED) is 0.844. The number of carbonyl (C=O) groups is 2. The Hall–Kier alpha value is -1.46. The highest BCUT2D eigenvalue weighted by Crippen LogP contribution is 2.45. The Morgan fingerprint density at radius 2 is 1.85 bits per heavy atom. The lowest BCUT2D eigenvalue weighted by atomic mass is 10.1. The molecule has 2 rings (SSSR count). The van der Waals surface area contributed by atoms with E-state index in [0.717, 1.165) is 0 Å². The number of carbonyl (C=O) groups excluding carboxylic acids is 1. The van der Waals surface area contributed by atoms with E-state index < -0.39 is 11.4 Å². The number of hydrogen-bond acceptors (Lipinski definition) is 3. The largest absolute Gasteiger partial charge is 0.484 e. The lowest BCUT2D eigenvalue weighted by Gasteiger charge is -2.12. The standard InChI is InChI=1S/C13H13Cl2NO4/c14-8-3-9(15)5-10(4-8)20-6-11(17)16-7-13(1-2-13)12(18)19/h3-5H,1-2,6-7H2,(H,16,17)(H,18,19). The van der Waals surface area contributed by atoms with Crippen LogP contribution in [-0.2, 0) is 9.59 Å². The van der Waals surface area contributed by atoms with Crippen molar-refractivity contribution in [2.24, 2.45) is 5.41 Å². The van der Waals surface area contributed by atoms with E-state index in [1.54, 1.807) is 18.2 Å². The molecule has 1 amide bonds. The van der Waals surface area contributed by atoms with E-state index in [2.05, 4.69) is 5.32 Å². The Morgan fingerprint density at radius 3 is 2.35 bits per heavy atom. The molecule has 1 aromatic carbocycles. The molecule has 1 saturated carbocycles. The van der Waals surface area contributed by atoms with Crippen LogP contribution in [0.3, 0.4) is 0 Å². The normalized spacial score (nSPS) is 15.5. The molecule has 1 fully saturated rings. The topological polar surface area (TPSA) is 75.6 Å². The van der Waals surface area contributed by atoms with Gasteiger partial charge >= 0.3 is 5.97 Å². The second-order valence-corrected chi connectivity index (χ2v) is 5.63. The molecule has 0 radical (unpaired) electrons. The molecule has 20 heavy (non-hydrogen) atoms. The second kappa shape index (κ2) is 5.89. The monoisotopic (exact) mass is 317 g/mol. The van der Waals surface area contributed by atoms with Crippen LogP contribution >= 0.6 is 23.2 Å². The van der Waals surface area contributed by atoms with Crippen molar-refractivity contribution in [2.75, 3.05) is 13.2 Å². The molecule has 0 unspecified atom stereocenters. The zero-order chi connectivity index (χ0) is 14.8. The van der Waals surface area contributed by atoms with E-state index in [9.17, 15) is 9.59 Å². The first kappa shape index (κ1) is 14.9. The summed E-state index contributed by atoms with van der Waals surface area (Å²) in [6, 6.07) is 4.64. The van der Waals surface area contributed by atoms with Crippen molar-refractivity contribution >= 4 is 35.1 Å². The maximum absolute atomic E-state index is 11.6. The molecule has 5 nitrogen and oxygen atoms in total. The van der Waals surface area contributed by atoms with Gasteiger partial charge in [0.1, 0.15) is 5.75 Å². The molecule has 0 bridgehead atoms. The van der Waals surface area contributed by atoms with E-state index in [1.807, 2.05) is 0 Å². The Bertz CT molecular complexity index is 523. The highest BCUT2D eigenvalue weighted by molar-refractivity contribution is 6.34. The number of amides is 1. The van der Waals surface area contributed by atoms with Crippen molar-refractivity contribution in [3.05, 3.63) is 28.2 Å². The van der Waals surface area contributed by atoms with Crippen molar-refractivity contribution in [3.8, 4) is 5.75 Å². The van der Waals surface area contributed by atoms with Gasteiger partial charge in [0.05, 0.1) is 5.41 Å². The molecule has 0 saturated heterocycles. The number of halogens is 2. The number of rotatable bonds is 6. The molecule has 1 aliphatic rings. The van der Waals surface area contributed by atoms with Crippen LogP contribution in [0.1, 0.15) is 12.8 Å². The van der Waals surface area contributed by atoms with Gasteiger partial charge in [-0.05, 0) is 31.0 Å². The molecule has 0 heterocycles. The van der Waals surface area contributed by atoms with Crippen LogP contribution in [0, 0.1) is 5.41 Å². The first-order valence-electron chi connectivity index (χ1n) is 6.00. The van der Waals surface area contributed by atoms with Crippen molar-refractivity contribution in [3.63, 3.8) is 0 Å². The van der Waals surface area contributed by atoms with Crippen LogP contribution in [-0.4, -0.2) is 30.1 Å². The van der Waals surface area contributed by atoms with Gasteiger partial charge in [0, 0.05) is 16.6 Å². The number of carboxylic acid groups (broad SMARTS) is 1. The van der Waals surface area contributed by atoms with Gasteiger partial charge in [0.2, 0.25) is 0 Å². The molecule has 1 aliphatic carbocycles. The molecular formula is C13H13Cl2NO4. The summed E-state index contributed by atoms with van der Waals surface area (Å²) in [7, 11) is 0. The van der Waals surface area contributed by atoms with Gasteiger partial charge in [-0.2, -0.15) is 0 Å². The fraction of sp³-hybridized carbons (Fsp3) is 0.385. The minimum atomic E-state index is -0.875. The fourth-order valence-electron chi connectivity index (χ4n) is 1.70. The van der Waals surface area contributed by atoms with Crippen LogP contribution in [0.5, 0.6) is 5.75 Å².